The predicted molar refractivity (Wildman–Crippen MR) is 83.8 cm³/mol. The van der Waals surface area contributed by atoms with Crippen LogP contribution in [0.1, 0.15) is 25.7 Å². The first-order valence-corrected chi connectivity index (χ1v) is 8.70. The van der Waals surface area contributed by atoms with Crippen LogP contribution in [0.3, 0.4) is 0 Å². The molecular weight excluding hydrogens is 290 g/mol. The molecule has 21 heavy (non-hydrogen) atoms. The highest BCUT2D eigenvalue weighted by Gasteiger charge is 2.15. The van der Waals surface area contributed by atoms with Crippen molar-refractivity contribution in [1.82, 2.24) is 4.72 Å². The van der Waals surface area contributed by atoms with E-state index in [4.69, 9.17) is 10.5 Å². The molecule has 1 unspecified atom stereocenters. The van der Waals surface area contributed by atoms with Crippen molar-refractivity contribution in [1.29, 1.82) is 0 Å². The zero-order valence-corrected chi connectivity index (χ0v) is 13.1. The first-order chi connectivity index (χ1) is 10.0. The lowest BCUT2D eigenvalue weighted by atomic mass is 10.1. The van der Waals surface area contributed by atoms with E-state index in [0.29, 0.717) is 17.9 Å². The monoisotopic (exact) mass is 313 g/mol. The molecule has 2 rings (SSSR count). The van der Waals surface area contributed by atoms with Crippen LogP contribution in [0.5, 0.6) is 0 Å². The van der Waals surface area contributed by atoms with Crippen LogP contribution in [0, 0.1) is 0 Å². The van der Waals surface area contributed by atoms with Gasteiger partial charge < -0.3 is 15.8 Å². The molecule has 1 fully saturated rings. The summed E-state index contributed by atoms with van der Waals surface area (Å²) in [5.74, 6) is 0. The first-order valence-electron chi connectivity index (χ1n) is 7.21. The van der Waals surface area contributed by atoms with E-state index in [9.17, 15) is 8.42 Å². The molecule has 1 aliphatic heterocycles. The van der Waals surface area contributed by atoms with Crippen LogP contribution < -0.4 is 15.8 Å². The second kappa shape index (κ2) is 7.11. The number of anilines is 2. The van der Waals surface area contributed by atoms with Gasteiger partial charge in [-0.1, -0.05) is 0 Å². The molecule has 0 amide bonds. The Morgan fingerprint density at radius 1 is 1.38 bits per heavy atom. The maximum atomic E-state index is 11.8. The summed E-state index contributed by atoms with van der Waals surface area (Å²) < 4.78 is 31.5. The molecule has 1 aliphatic rings. The van der Waals surface area contributed by atoms with Crippen LogP contribution >= 0.6 is 0 Å². The van der Waals surface area contributed by atoms with Crippen LogP contribution in [-0.2, 0) is 14.8 Å². The maximum Gasteiger partial charge on any atom is 0.240 e. The summed E-state index contributed by atoms with van der Waals surface area (Å²) in [5.41, 5.74) is 7.06. The van der Waals surface area contributed by atoms with E-state index in [2.05, 4.69) is 10.0 Å². The third-order valence-electron chi connectivity index (χ3n) is 3.66. The van der Waals surface area contributed by atoms with Gasteiger partial charge in [0.05, 0.1) is 22.4 Å². The van der Waals surface area contributed by atoms with Gasteiger partial charge in [-0.15, -0.1) is 0 Å². The van der Waals surface area contributed by atoms with E-state index < -0.39 is 10.0 Å². The van der Waals surface area contributed by atoms with Crippen LogP contribution in [0.2, 0.25) is 0 Å². The third kappa shape index (κ3) is 4.33. The summed E-state index contributed by atoms with van der Waals surface area (Å²) in [5, 5.41) is 3.20. The van der Waals surface area contributed by atoms with Crippen LogP contribution in [0.4, 0.5) is 11.4 Å². The van der Waals surface area contributed by atoms with E-state index in [0.717, 1.165) is 25.9 Å². The summed E-state index contributed by atoms with van der Waals surface area (Å²) in [6.45, 7) is 1.54. The molecule has 1 atom stereocenters. The molecule has 6 nitrogen and oxygen atoms in total. The van der Waals surface area contributed by atoms with E-state index >= 15 is 0 Å². The van der Waals surface area contributed by atoms with E-state index in [1.165, 1.54) is 19.5 Å². The van der Waals surface area contributed by atoms with Crippen LogP contribution in [0.25, 0.3) is 0 Å². The summed E-state index contributed by atoms with van der Waals surface area (Å²) >= 11 is 0. The highest BCUT2D eigenvalue weighted by atomic mass is 32.2. The summed E-state index contributed by atoms with van der Waals surface area (Å²) in [7, 11) is -2.07. The molecule has 7 heteroatoms. The summed E-state index contributed by atoms with van der Waals surface area (Å²) in [6, 6.07) is 4.66. The number of nitrogens with two attached hydrogens (primary N) is 1. The van der Waals surface area contributed by atoms with E-state index in [-0.39, 0.29) is 11.0 Å². The van der Waals surface area contributed by atoms with Crippen LogP contribution in [-0.4, -0.2) is 34.7 Å². The van der Waals surface area contributed by atoms with Gasteiger partial charge in [0.1, 0.15) is 0 Å². The second-order valence-corrected chi connectivity index (χ2v) is 7.05. The van der Waals surface area contributed by atoms with Gasteiger partial charge in [-0.05, 0) is 50.9 Å². The van der Waals surface area contributed by atoms with Crippen LogP contribution in [0.15, 0.2) is 23.1 Å². The molecule has 118 valence electrons. The quantitative estimate of drug-likeness (QED) is 0.693. The van der Waals surface area contributed by atoms with Crippen molar-refractivity contribution < 1.29 is 13.2 Å². The third-order valence-corrected chi connectivity index (χ3v) is 5.07. The number of nitrogens with one attached hydrogen (secondary N) is 2. The van der Waals surface area contributed by atoms with E-state index in [1.54, 1.807) is 12.1 Å². The minimum Gasteiger partial charge on any atom is -0.397 e. The van der Waals surface area contributed by atoms with Crippen molar-refractivity contribution in [2.24, 2.45) is 0 Å². The Kier molecular flexibility index (Phi) is 5.44. The number of ether oxygens (including phenoxy) is 1. The zero-order valence-electron chi connectivity index (χ0n) is 12.3. The molecular formula is C14H23N3O3S. The van der Waals surface area contributed by atoms with Crippen molar-refractivity contribution in [3.8, 4) is 0 Å². The first kappa shape index (κ1) is 16.1. The highest BCUT2D eigenvalue weighted by molar-refractivity contribution is 7.89. The lowest BCUT2D eigenvalue weighted by Gasteiger charge is -2.23. The zero-order chi connectivity index (χ0) is 15.3. The molecule has 0 bridgehead atoms. The molecule has 0 radical (unpaired) electrons. The Bertz CT molecular complexity index is 569. The van der Waals surface area contributed by atoms with Gasteiger partial charge in [0.15, 0.2) is 0 Å². The van der Waals surface area contributed by atoms with Gasteiger partial charge in [0.2, 0.25) is 10.0 Å². The Morgan fingerprint density at radius 3 is 2.86 bits per heavy atom. The topological polar surface area (TPSA) is 93.5 Å². The van der Waals surface area contributed by atoms with Gasteiger partial charge >= 0.3 is 0 Å². The molecule has 0 aromatic heterocycles. The fourth-order valence-electron chi connectivity index (χ4n) is 2.38. The van der Waals surface area contributed by atoms with Crippen molar-refractivity contribution in [3.05, 3.63) is 18.2 Å². The maximum absolute atomic E-state index is 11.8. The Morgan fingerprint density at radius 2 is 2.19 bits per heavy atom. The van der Waals surface area contributed by atoms with Crippen molar-refractivity contribution >= 4 is 21.4 Å². The van der Waals surface area contributed by atoms with Crippen molar-refractivity contribution in [3.63, 3.8) is 0 Å². The van der Waals surface area contributed by atoms with Gasteiger partial charge in [-0.3, -0.25) is 0 Å². The number of hydrogen-bond acceptors (Lipinski definition) is 5. The van der Waals surface area contributed by atoms with Gasteiger partial charge in [-0.2, -0.15) is 0 Å². The number of nitrogen functional groups attached to an aromatic ring is 1. The lowest BCUT2D eigenvalue weighted by molar-refractivity contribution is 0.0134. The minimum atomic E-state index is -3.45. The average Bonchev–Trinajstić information content (AvgIpc) is 2.50. The molecule has 1 heterocycles. The number of sulfonamides is 1. The largest absolute Gasteiger partial charge is 0.397 e. The van der Waals surface area contributed by atoms with Gasteiger partial charge in [0.25, 0.3) is 0 Å². The SMILES string of the molecule is CNS(=O)(=O)c1ccc(N)c(NCCC2CCCCO2)c1. The van der Waals surface area contributed by atoms with Gasteiger partial charge in [0, 0.05) is 13.2 Å². The molecule has 1 aromatic carbocycles. The van der Waals surface area contributed by atoms with E-state index in [1.807, 2.05) is 0 Å². The lowest BCUT2D eigenvalue weighted by Crippen LogP contribution is -2.22. The molecule has 0 saturated carbocycles. The van der Waals surface area contributed by atoms with Crippen molar-refractivity contribution in [2.75, 3.05) is 31.2 Å². The molecule has 4 N–H and O–H groups in total. The predicted octanol–water partition coefficient (Wildman–Crippen LogP) is 1.55. The fourth-order valence-corrected chi connectivity index (χ4v) is 3.13. The number of hydrogen-bond donors (Lipinski definition) is 3. The molecule has 1 saturated heterocycles. The minimum absolute atomic E-state index is 0.204. The Hall–Kier alpha value is -1.31. The summed E-state index contributed by atoms with van der Waals surface area (Å²) in [4.78, 5) is 0.204. The summed E-state index contributed by atoms with van der Waals surface area (Å²) in [6.07, 6.45) is 4.62. The highest BCUT2D eigenvalue weighted by Crippen LogP contribution is 2.23. The number of benzene rings is 1. The molecule has 1 aromatic rings. The standard InChI is InChI=1S/C14H23N3O3S/c1-16-21(18,19)12-5-6-13(15)14(10-12)17-8-7-11-4-2-3-9-20-11/h5-6,10-11,16-17H,2-4,7-9,15H2,1H3. The fraction of sp³-hybridized carbons (Fsp3) is 0.571. The Labute approximate surface area is 126 Å². The average molecular weight is 313 g/mol. The Balaban J connectivity index is 1.97. The molecule has 0 aliphatic carbocycles. The number of rotatable bonds is 6. The normalized spacial score (nSPS) is 19.4. The smallest absolute Gasteiger partial charge is 0.240 e. The molecule has 0 spiro atoms. The second-order valence-electron chi connectivity index (χ2n) is 5.16. The van der Waals surface area contributed by atoms with Gasteiger partial charge in [-0.25, -0.2) is 13.1 Å². The van der Waals surface area contributed by atoms with Crippen molar-refractivity contribution in [2.45, 2.75) is 36.7 Å².